The van der Waals surface area contributed by atoms with Crippen molar-refractivity contribution in [1.82, 2.24) is 10.6 Å². The van der Waals surface area contributed by atoms with Crippen LogP contribution in [0, 0.1) is 5.92 Å². The summed E-state index contributed by atoms with van der Waals surface area (Å²) in [7, 11) is 0. The van der Waals surface area contributed by atoms with Crippen molar-refractivity contribution in [2.24, 2.45) is 5.92 Å². The fourth-order valence-electron chi connectivity index (χ4n) is 2.67. The quantitative estimate of drug-likeness (QED) is 0.697. The summed E-state index contributed by atoms with van der Waals surface area (Å²) in [5.74, 6) is 0.354. The number of amides is 2. The Kier molecular flexibility index (Phi) is 5.60. The van der Waals surface area contributed by atoms with Crippen LogP contribution in [0.5, 0.6) is 0 Å². The molecule has 0 aromatic heterocycles. The molecule has 0 saturated heterocycles. The van der Waals surface area contributed by atoms with E-state index in [0.717, 1.165) is 12.3 Å². The molecule has 2 amide bonds. The lowest BCUT2D eigenvalue weighted by atomic mass is 10.0. The number of nitrogens with two attached hydrogens (primary N) is 1. The van der Waals surface area contributed by atoms with Gasteiger partial charge in [0, 0.05) is 17.8 Å². The van der Waals surface area contributed by atoms with Gasteiger partial charge in [0.2, 0.25) is 5.91 Å². The van der Waals surface area contributed by atoms with Crippen LogP contribution in [0.4, 0.5) is 5.69 Å². The smallest absolute Gasteiger partial charge is 0.251 e. The molecule has 0 spiro atoms. The second kappa shape index (κ2) is 7.67. The normalized spacial score (nSPS) is 14.9. The molecule has 0 heterocycles. The summed E-state index contributed by atoms with van der Waals surface area (Å²) >= 11 is 0. The Labute approximate surface area is 125 Å². The summed E-state index contributed by atoms with van der Waals surface area (Å²) in [6, 6.07) is 6.61. The van der Waals surface area contributed by atoms with E-state index in [1.165, 1.54) is 25.7 Å². The molecule has 1 aromatic carbocycles. The highest BCUT2D eigenvalue weighted by molar-refractivity contribution is 5.96. The second-order valence-electron chi connectivity index (χ2n) is 5.59. The van der Waals surface area contributed by atoms with Crippen LogP contribution >= 0.6 is 0 Å². The first-order valence-corrected chi connectivity index (χ1v) is 7.55. The van der Waals surface area contributed by atoms with Gasteiger partial charge < -0.3 is 16.4 Å². The highest BCUT2D eigenvalue weighted by Crippen LogP contribution is 2.26. The third-order valence-corrected chi connectivity index (χ3v) is 3.93. The molecule has 2 rings (SSSR count). The third-order valence-electron chi connectivity index (χ3n) is 3.93. The van der Waals surface area contributed by atoms with Crippen molar-refractivity contribution >= 4 is 17.5 Å². The van der Waals surface area contributed by atoms with Crippen LogP contribution in [-0.2, 0) is 4.79 Å². The lowest BCUT2D eigenvalue weighted by Gasteiger charge is -2.10. The van der Waals surface area contributed by atoms with Gasteiger partial charge in [0.25, 0.3) is 5.91 Å². The van der Waals surface area contributed by atoms with Gasteiger partial charge in [0.05, 0.1) is 6.54 Å². The Balaban J connectivity index is 1.63. The van der Waals surface area contributed by atoms with Crippen LogP contribution < -0.4 is 16.4 Å². The Morgan fingerprint density at radius 3 is 2.43 bits per heavy atom. The van der Waals surface area contributed by atoms with E-state index in [9.17, 15) is 9.59 Å². The molecule has 0 atom stereocenters. The number of hydrogen-bond acceptors (Lipinski definition) is 3. The van der Waals surface area contributed by atoms with Crippen LogP contribution in [0.1, 0.15) is 42.5 Å². The van der Waals surface area contributed by atoms with Gasteiger partial charge in [-0.05, 0) is 36.6 Å². The average molecular weight is 289 g/mol. The SMILES string of the molecule is Nc1ccc(C(=O)NCC(=O)NCCC2CCCC2)cc1. The molecule has 1 saturated carbocycles. The van der Waals surface area contributed by atoms with Crippen LogP contribution in [0.15, 0.2) is 24.3 Å². The van der Waals surface area contributed by atoms with Crippen LogP contribution in [0.2, 0.25) is 0 Å². The summed E-state index contributed by atoms with van der Waals surface area (Å²) in [6.45, 7) is 0.703. The van der Waals surface area contributed by atoms with E-state index in [1.54, 1.807) is 24.3 Å². The number of anilines is 1. The summed E-state index contributed by atoms with van der Waals surface area (Å²) in [5, 5.41) is 5.46. The average Bonchev–Trinajstić information content (AvgIpc) is 2.99. The number of nitrogens with one attached hydrogen (secondary N) is 2. The molecular formula is C16H23N3O2. The molecule has 114 valence electrons. The number of nitrogen functional groups attached to an aromatic ring is 1. The summed E-state index contributed by atoms with van der Waals surface area (Å²) in [4.78, 5) is 23.5. The van der Waals surface area contributed by atoms with E-state index < -0.39 is 0 Å². The summed E-state index contributed by atoms with van der Waals surface area (Å²) < 4.78 is 0. The predicted octanol–water partition coefficient (Wildman–Crippen LogP) is 1.70. The number of carbonyl (C=O) groups excluding carboxylic acids is 2. The van der Waals surface area contributed by atoms with Gasteiger partial charge in [0.15, 0.2) is 0 Å². The first-order valence-electron chi connectivity index (χ1n) is 7.55. The number of carbonyl (C=O) groups is 2. The fourth-order valence-corrected chi connectivity index (χ4v) is 2.67. The van der Waals surface area contributed by atoms with Crippen LogP contribution in [0.25, 0.3) is 0 Å². The van der Waals surface area contributed by atoms with Gasteiger partial charge in [-0.3, -0.25) is 9.59 Å². The van der Waals surface area contributed by atoms with Gasteiger partial charge in [-0.1, -0.05) is 25.7 Å². The van der Waals surface area contributed by atoms with Gasteiger partial charge >= 0.3 is 0 Å². The molecule has 0 bridgehead atoms. The third kappa shape index (κ3) is 5.10. The summed E-state index contributed by atoms with van der Waals surface area (Å²) in [6.07, 6.45) is 6.23. The fraction of sp³-hybridized carbons (Fsp3) is 0.500. The van der Waals surface area contributed by atoms with E-state index in [-0.39, 0.29) is 18.4 Å². The number of benzene rings is 1. The predicted molar refractivity (Wildman–Crippen MR) is 82.8 cm³/mol. The van der Waals surface area contributed by atoms with E-state index in [0.29, 0.717) is 17.8 Å². The zero-order chi connectivity index (χ0) is 15.1. The Hall–Kier alpha value is -2.04. The maximum absolute atomic E-state index is 11.8. The van der Waals surface area contributed by atoms with Crippen molar-refractivity contribution in [2.45, 2.75) is 32.1 Å². The summed E-state index contributed by atoms with van der Waals surface area (Å²) in [5.41, 5.74) is 6.67. The molecule has 1 fully saturated rings. The van der Waals surface area contributed by atoms with Crippen LogP contribution in [-0.4, -0.2) is 24.9 Å². The van der Waals surface area contributed by atoms with Crippen molar-refractivity contribution in [3.05, 3.63) is 29.8 Å². The highest BCUT2D eigenvalue weighted by Gasteiger charge is 2.14. The van der Waals surface area contributed by atoms with Gasteiger partial charge in [-0.15, -0.1) is 0 Å². The maximum atomic E-state index is 11.8. The molecule has 0 radical (unpaired) electrons. The maximum Gasteiger partial charge on any atom is 0.251 e. The molecule has 0 aliphatic heterocycles. The van der Waals surface area contributed by atoms with Crippen molar-refractivity contribution in [3.8, 4) is 0 Å². The Morgan fingerprint density at radius 2 is 1.76 bits per heavy atom. The molecule has 5 heteroatoms. The Morgan fingerprint density at radius 1 is 1.10 bits per heavy atom. The van der Waals surface area contributed by atoms with Gasteiger partial charge in [-0.25, -0.2) is 0 Å². The van der Waals surface area contributed by atoms with Crippen molar-refractivity contribution in [1.29, 1.82) is 0 Å². The monoisotopic (exact) mass is 289 g/mol. The number of rotatable bonds is 6. The minimum Gasteiger partial charge on any atom is -0.399 e. The van der Waals surface area contributed by atoms with Gasteiger partial charge in [0.1, 0.15) is 0 Å². The molecule has 1 aliphatic carbocycles. The molecule has 1 aliphatic rings. The first-order chi connectivity index (χ1) is 10.1. The lowest BCUT2D eigenvalue weighted by molar-refractivity contribution is -0.120. The minimum atomic E-state index is -0.263. The van der Waals surface area contributed by atoms with E-state index in [2.05, 4.69) is 10.6 Å². The van der Waals surface area contributed by atoms with Crippen molar-refractivity contribution < 1.29 is 9.59 Å². The van der Waals surface area contributed by atoms with Crippen molar-refractivity contribution in [3.63, 3.8) is 0 Å². The van der Waals surface area contributed by atoms with E-state index in [4.69, 9.17) is 5.73 Å². The molecule has 21 heavy (non-hydrogen) atoms. The zero-order valence-corrected chi connectivity index (χ0v) is 12.2. The first kappa shape index (κ1) is 15.4. The molecule has 0 unspecified atom stereocenters. The standard InChI is InChI=1S/C16H23N3O2/c17-14-7-5-13(6-8-14)16(21)19-11-15(20)18-10-9-12-3-1-2-4-12/h5-8,12H,1-4,9-11,17H2,(H,18,20)(H,19,21). The highest BCUT2D eigenvalue weighted by atomic mass is 16.2. The van der Waals surface area contributed by atoms with Crippen molar-refractivity contribution in [2.75, 3.05) is 18.8 Å². The largest absolute Gasteiger partial charge is 0.399 e. The zero-order valence-electron chi connectivity index (χ0n) is 12.2. The number of hydrogen-bond donors (Lipinski definition) is 3. The van der Waals surface area contributed by atoms with E-state index >= 15 is 0 Å². The molecule has 4 N–H and O–H groups in total. The van der Waals surface area contributed by atoms with Crippen LogP contribution in [0.3, 0.4) is 0 Å². The molecule has 5 nitrogen and oxygen atoms in total. The van der Waals surface area contributed by atoms with Gasteiger partial charge in [-0.2, -0.15) is 0 Å². The topological polar surface area (TPSA) is 84.2 Å². The molecular weight excluding hydrogens is 266 g/mol. The Bertz CT molecular complexity index is 479. The molecule has 1 aromatic rings. The lowest BCUT2D eigenvalue weighted by Crippen LogP contribution is -2.37. The minimum absolute atomic E-state index is 0.00781. The van der Waals surface area contributed by atoms with E-state index in [1.807, 2.05) is 0 Å². The second-order valence-corrected chi connectivity index (χ2v) is 5.59.